The molecule has 0 aliphatic heterocycles. The third-order valence-electron chi connectivity index (χ3n) is 1.57. The van der Waals surface area contributed by atoms with E-state index >= 15 is 0 Å². The molecule has 0 saturated carbocycles. The molecule has 1 heteroatoms. The molecule has 1 nitrogen and oxygen atoms in total. The van der Waals surface area contributed by atoms with Gasteiger partial charge in [0.05, 0.1) is 6.26 Å². The zero-order chi connectivity index (χ0) is 10.4. The van der Waals surface area contributed by atoms with E-state index in [1.54, 1.807) is 6.26 Å². The molecule has 1 heterocycles. The summed E-state index contributed by atoms with van der Waals surface area (Å²) in [5.41, 5.74) is 1.17. The van der Waals surface area contributed by atoms with Crippen LogP contribution in [-0.2, 0) is 0 Å². The summed E-state index contributed by atoms with van der Waals surface area (Å²) in [7, 11) is 0. The highest BCUT2D eigenvalue weighted by atomic mass is 16.3. The number of rotatable bonds is 0. The van der Waals surface area contributed by atoms with Gasteiger partial charge in [-0.15, -0.1) is 0 Å². The largest absolute Gasteiger partial charge is 0.464 e. The molecule has 1 aromatic heterocycles. The molecule has 0 fully saturated rings. The minimum Gasteiger partial charge on any atom is -0.464 e. The Kier molecular flexibility index (Phi) is 4.24. The topological polar surface area (TPSA) is 13.1 Å². The maximum Gasteiger partial charge on any atom is 0.133 e. The zero-order valence-corrected chi connectivity index (χ0v) is 9.16. The van der Waals surface area contributed by atoms with Gasteiger partial charge in [-0.25, -0.2) is 0 Å². The van der Waals surface area contributed by atoms with Gasteiger partial charge in [-0.05, 0) is 24.5 Å². The van der Waals surface area contributed by atoms with Crippen molar-refractivity contribution in [2.45, 2.75) is 27.2 Å². The van der Waals surface area contributed by atoms with Crippen LogP contribution in [-0.4, -0.2) is 0 Å². The molecule has 0 spiro atoms. The van der Waals surface area contributed by atoms with E-state index in [9.17, 15) is 0 Å². The van der Waals surface area contributed by atoms with Crippen molar-refractivity contribution in [3.8, 4) is 0 Å². The van der Waals surface area contributed by atoms with Crippen LogP contribution >= 0.6 is 0 Å². The van der Waals surface area contributed by atoms with Crippen molar-refractivity contribution < 1.29 is 4.42 Å². The van der Waals surface area contributed by atoms with Crippen LogP contribution in [0, 0.1) is 5.92 Å². The first-order valence-electron chi connectivity index (χ1n) is 5.10. The van der Waals surface area contributed by atoms with E-state index in [0.29, 0.717) is 0 Å². The van der Waals surface area contributed by atoms with Gasteiger partial charge in [-0.2, -0.15) is 0 Å². The summed E-state index contributed by atoms with van der Waals surface area (Å²) in [6.07, 6.45) is 11.0. The van der Waals surface area contributed by atoms with Crippen LogP contribution in [0.5, 0.6) is 0 Å². The minimum absolute atomic E-state index is 0.833. The Labute approximate surface area is 86.1 Å². The molecule has 14 heavy (non-hydrogen) atoms. The minimum atomic E-state index is 0.833. The van der Waals surface area contributed by atoms with Crippen molar-refractivity contribution in [1.29, 1.82) is 0 Å². The van der Waals surface area contributed by atoms with Gasteiger partial charge >= 0.3 is 0 Å². The van der Waals surface area contributed by atoms with Crippen LogP contribution in [0.3, 0.4) is 0 Å². The molecule has 0 radical (unpaired) electrons. The van der Waals surface area contributed by atoms with Gasteiger partial charge < -0.3 is 4.42 Å². The van der Waals surface area contributed by atoms with Crippen molar-refractivity contribution in [3.63, 3.8) is 0 Å². The average Bonchev–Trinajstić information content (AvgIpc) is 2.42. The fourth-order valence-electron chi connectivity index (χ4n) is 1.05. The van der Waals surface area contributed by atoms with Gasteiger partial charge in [0, 0.05) is 5.56 Å². The predicted octanol–water partition coefficient (Wildman–Crippen LogP) is 4.37. The fraction of sp³-hybridized carbons (Fsp3) is 0.385. The second-order valence-electron chi connectivity index (χ2n) is 4.01. The molecular weight excluding hydrogens is 172 g/mol. The Hall–Kier alpha value is -1.24. The molecule has 0 N–H and O–H groups in total. The third-order valence-corrected chi connectivity index (χ3v) is 1.57. The lowest BCUT2D eigenvalue weighted by molar-refractivity contribution is 0.556. The molecule has 1 aromatic rings. The van der Waals surface area contributed by atoms with Gasteiger partial charge in [-0.1, -0.05) is 39.0 Å². The molecule has 0 atom stereocenters. The highest BCUT2D eigenvalue weighted by molar-refractivity contribution is 5.63. The van der Waals surface area contributed by atoms with Gasteiger partial charge in [0.2, 0.25) is 0 Å². The average molecular weight is 190 g/mol. The van der Waals surface area contributed by atoms with E-state index in [0.717, 1.165) is 18.1 Å². The van der Waals surface area contributed by atoms with E-state index in [1.165, 1.54) is 5.56 Å². The molecule has 76 valence electrons. The monoisotopic (exact) mass is 190 g/mol. The van der Waals surface area contributed by atoms with Crippen molar-refractivity contribution in [2.24, 2.45) is 5.92 Å². The van der Waals surface area contributed by atoms with Gasteiger partial charge in [-0.3, -0.25) is 0 Å². The van der Waals surface area contributed by atoms with Crippen molar-refractivity contribution >= 4 is 12.2 Å². The maximum absolute atomic E-state index is 5.20. The third kappa shape index (κ3) is 3.65. The normalized spacial score (nSPS) is 13.1. The highest BCUT2D eigenvalue weighted by Crippen LogP contribution is 2.17. The Morgan fingerprint density at radius 3 is 2.50 bits per heavy atom. The Balaban J connectivity index is 0.000000213. The summed E-state index contributed by atoms with van der Waals surface area (Å²) in [6.45, 7) is 6.50. The predicted molar refractivity (Wildman–Crippen MR) is 61.9 cm³/mol. The summed E-state index contributed by atoms with van der Waals surface area (Å²) in [4.78, 5) is 0. The van der Waals surface area contributed by atoms with Crippen LogP contribution < -0.4 is 0 Å². The van der Waals surface area contributed by atoms with E-state index in [2.05, 4.69) is 39.0 Å². The second-order valence-corrected chi connectivity index (χ2v) is 4.01. The highest BCUT2D eigenvalue weighted by Gasteiger charge is 1.99. The first kappa shape index (κ1) is 10.8. The Morgan fingerprint density at radius 2 is 1.79 bits per heavy atom. The molecule has 1 aliphatic carbocycles. The molecule has 2 rings (SSSR count). The summed E-state index contributed by atoms with van der Waals surface area (Å²) in [5.74, 6) is 1.80. The van der Waals surface area contributed by atoms with Crippen molar-refractivity contribution in [2.75, 3.05) is 0 Å². The van der Waals surface area contributed by atoms with Crippen LogP contribution in [0.25, 0.3) is 12.2 Å². The molecule has 0 unspecified atom stereocenters. The summed E-state index contributed by atoms with van der Waals surface area (Å²) in [5, 5.41) is 0. The van der Waals surface area contributed by atoms with E-state index < -0.39 is 0 Å². The van der Waals surface area contributed by atoms with Crippen molar-refractivity contribution in [1.82, 2.24) is 0 Å². The quantitative estimate of drug-likeness (QED) is 0.592. The molecule has 0 saturated heterocycles. The number of fused-ring (bicyclic) bond motifs is 1. The Bertz CT molecular complexity index is 286. The summed E-state index contributed by atoms with van der Waals surface area (Å²) < 4.78 is 5.20. The number of hydrogen-bond acceptors (Lipinski definition) is 1. The SMILES string of the molecule is C1=Cc2ccoc2C=CC1.CC(C)C. The van der Waals surface area contributed by atoms with E-state index in [4.69, 9.17) is 4.42 Å². The van der Waals surface area contributed by atoms with Crippen LogP contribution in [0.15, 0.2) is 28.9 Å². The molecule has 0 amide bonds. The Morgan fingerprint density at radius 1 is 1.14 bits per heavy atom. The second kappa shape index (κ2) is 5.48. The molecular formula is C13H18O. The molecule has 0 bridgehead atoms. The summed E-state index contributed by atoms with van der Waals surface area (Å²) in [6, 6.07) is 1.97. The summed E-state index contributed by atoms with van der Waals surface area (Å²) >= 11 is 0. The van der Waals surface area contributed by atoms with Crippen LogP contribution in [0.2, 0.25) is 0 Å². The zero-order valence-electron chi connectivity index (χ0n) is 9.16. The smallest absolute Gasteiger partial charge is 0.133 e. The lowest BCUT2D eigenvalue weighted by atomic mass is 10.2. The molecule has 1 aliphatic rings. The number of hydrogen-bond donors (Lipinski definition) is 0. The maximum atomic E-state index is 5.20. The lowest BCUT2D eigenvalue weighted by Crippen LogP contribution is -1.66. The standard InChI is InChI=1S/C9H8O.C4H10/c1-2-4-8-6-7-10-9(8)5-3-1;1-4(2)3/h2-7H,1H2;4H,1-3H3. The van der Waals surface area contributed by atoms with Gasteiger partial charge in [0.15, 0.2) is 0 Å². The first-order chi connectivity index (χ1) is 6.70. The fourth-order valence-corrected chi connectivity index (χ4v) is 1.05. The first-order valence-corrected chi connectivity index (χ1v) is 5.10. The van der Waals surface area contributed by atoms with Gasteiger partial charge in [0.1, 0.15) is 5.76 Å². The van der Waals surface area contributed by atoms with E-state index in [-0.39, 0.29) is 0 Å². The van der Waals surface area contributed by atoms with Crippen LogP contribution in [0.4, 0.5) is 0 Å². The van der Waals surface area contributed by atoms with E-state index in [1.807, 2.05) is 12.1 Å². The molecule has 0 aromatic carbocycles. The number of furan rings is 1. The van der Waals surface area contributed by atoms with Crippen LogP contribution in [0.1, 0.15) is 38.5 Å². The lowest BCUT2D eigenvalue weighted by Gasteiger charge is -1.83. The number of allylic oxidation sites excluding steroid dienone is 2. The van der Waals surface area contributed by atoms with Crippen molar-refractivity contribution in [3.05, 3.63) is 35.8 Å². The van der Waals surface area contributed by atoms with Gasteiger partial charge in [0.25, 0.3) is 0 Å².